The van der Waals surface area contributed by atoms with Crippen LogP contribution in [0, 0.1) is 17.1 Å². The van der Waals surface area contributed by atoms with E-state index in [-0.39, 0.29) is 17.2 Å². The lowest BCUT2D eigenvalue weighted by Crippen LogP contribution is -2.26. The number of nitrogens with one attached hydrogen (secondary N) is 1. The molecule has 0 aromatic heterocycles. The van der Waals surface area contributed by atoms with Crippen LogP contribution in [0.5, 0.6) is 0 Å². The zero-order chi connectivity index (χ0) is 16.1. The van der Waals surface area contributed by atoms with Crippen LogP contribution in [0.2, 0.25) is 0 Å². The summed E-state index contributed by atoms with van der Waals surface area (Å²) in [6.07, 6.45) is 0.993. The fourth-order valence-corrected chi connectivity index (χ4v) is 2.52. The first-order chi connectivity index (χ1) is 10.5. The topological polar surface area (TPSA) is 115 Å². The van der Waals surface area contributed by atoms with E-state index in [1.165, 1.54) is 18.3 Å². The predicted molar refractivity (Wildman–Crippen MR) is 77.9 cm³/mol. The molecule has 1 fully saturated rings. The van der Waals surface area contributed by atoms with Gasteiger partial charge < -0.3 is 10.4 Å². The lowest BCUT2D eigenvalue weighted by atomic mass is 10.1. The van der Waals surface area contributed by atoms with Gasteiger partial charge in [-0.1, -0.05) is 17.8 Å². The summed E-state index contributed by atoms with van der Waals surface area (Å²) in [5, 5.41) is 26.7. The molecule has 1 saturated heterocycles. The number of benzene rings is 1. The zero-order valence-corrected chi connectivity index (χ0v) is 11.8. The summed E-state index contributed by atoms with van der Waals surface area (Å²) in [5.74, 6) is -2.14. The lowest BCUT2D eigenvalue weighted by molar-refractivity contribution is -0.138. The van der Waals surface area contributed by atoms with Crippen molar-refractivity contribution in [2.24, 2.45) is 10.2 Å². The highest BCUT2D eigenvalue weighted by molar-refractivity contribution is 8.15. The normalized spacial score (nSPS) is 19.4. The number of carboxylic acids is 1. The Morgan fingerprint density at radius 2 is 2.36 bits per heavy atom. The summed E-state index contributed by atoms with van der Waals surface area (Å²) in [6, 6.07) is 5.58. The van der Waals surface area contributed by atoms with Crippen LogP contribution in [0.4, 0.5) is 4.39 Å². The average Bonchev–Trinajstić information content (AvgIpc) is 2.80. The molecule has 1 atom stereocenters. The second kappa shape index (κ2) is 6.82. The maximum Gasteiger partial charge on any atom is 0.305 e. The summed E-state index contributed by atoms with van der Waals surface area (Å²) >= 11 is 0.975. The third kappa shape index (κ3) is 3.89. The van der Waals surface area contributed by atoms with Crippen LogP contribution >= 0.6 is 11.8 Å². The molecule has 0 spiro atoms. The van der Waals surface area contributed by atoms with Crippen molar-refractivity contribution in [2.75, 3.05) is 0 Å². The highest BCUT2D eigenvalue weighted by atomic mass is 32.2. The Morgan fingerprint density at radius 1 is 1.59 bits per heavy atom. The van der Waals surface area contributed by atoms with Crippen LogP contribution < -0.4 is 5.32 Å². The van der Waals surface area contributed by atoms with Crippen LogP contribution in [-0.2, 0) is 9.59 Å². The first-order valence-corrected chi connectivity index (χ1v) is 6.87. The second-order valence-electron chi connectivity index (χ2n) is 4.19. The van der Waals surface area contributed by atoms with Crippen LogP contribution in [0.3, 0.4) is 0 Å². The van der Waals surface area contributed by atoms with Crippen molar-refractivity contribution in [3.8, 4) is 6.07 Å². The third-order valence-electron chi connectivity index (χ3n) is 2.60. The molecule has 9 heteroatoms. The van der Waals surface area contributed by atoms with Gasteiger partial charge in [0.05, 0.1) is 18.2 Å². The van der Waals surface area contributed by atoms with E-state index >= 15 is 0 Å². The SMILES string of the molecule is N#Cc1cc(C=NN=C2NC(=O)C(CC(=O)O)S2)ccc1F. The molecule has 7 nitrogen and oxygen atoms in total. The Morgan fingerprint density at radius 3 is 3.05 bits per heavy atom. The van der Waals surface area contributed by atoms with Crippen LogP contribution in [-0.4, -0.2) is 33.6 Å². The molecule has 1 aromatic rings. The molecule has 1 aliphatic rings. The minimum atomic E-state index is -1.08. The Hall–Kier alpha value is -2.73. The molecule has 1 aliphatic heterocycles. The molecule has 0 bridgehead atoms. The van der Waals surface area contributed by atoms with Crippen molar-refractivity contribution < 1.29 is 19.1 Å². The largest absolute Gasteiger partial charge is 0.481 e. The number of hydrogen-bond donors (Lipinski definition) is 2. The summed E-state index contributed by atoms with van der Waals surface area (Å²) in [6.45, 7) is 0. The fraction of sp³-hybridized carbons (Fsp3) is 0.154. The number of carbonyl (C=O) groups is 2. The number of carboxylic acid groups (broad SMARTS) is 1. The van der Waals surface area contributed by atoms with E-state index in [1.54, 1.807) is 6.07 Å². The number of amides is 1. The van der Waals surface area contributed by atoms with Gasteiger partial charge in [-0.3, -0.25) is 9.59 Å². The summed E-state index contributed by atoms with van der Waals surface area (Å²) in [4.78, 5) is 22.0. The number of rotatable bonds is 4. The van der Waals surface area contributed by atoms with Gasteiger partial charge in [0, 0.05) is 0 Å². The maximum absolute atomic E-state index is 13.1. The van der Waals surface area contributed by atoms with Gasteiger partial charge >= 0.3 is 5.97 Å². The number of nitrogens with zero attached hydrogens (tertiary/aromatic N) is 3. The average molecular weight is 320 g/mol. The molecular formula is C13H9FN4O3S. The molecule has 2 N–H and O–H groups in total. The predicted octanol–water partition coefficient (Wildman–Crippen LogP) is 1.09. The number of halogens is 1. The molecule has 1 aromatic carbocycles. The maximum atomic E-state index is 13.1. The molecule has 112 valence electrons. The first-order valence-electron chi connectivity index (χ1n) is 5.99. The van der Waals surface area contributed by atoms with Crippen LogP contribution in [0.25, 0.3) is 0 Å². The summed E-state index contributed by atoms with van der Waals surface area (Å²) in [7, 11) is 0. The van der Waals surface area contributed by atoms with Gasteiger partial charge in [-0.15, -0.1) is 5.10 Å². The van der Waals surface area contributed by atoms with Gasteiger partial charge in [0.2, 0.25) is 5.91 Å². The van der Waals surface area contributed by atoms with Gasteiger partial charge in [-0.25, -0.2) is 4.39 Å². The van der Waals surface area contributed by atoms with Crippen LogP contribution in [0.1, 0.15) is 17.5 Å². The molecule has 1 amide bonds. The smallest absolute Gasteiger partial charge is 0.305 e. The molecular weight excluding hydrogens is 311 g/mol. The van der Waals surface area contributed by atoms with Gasteiger partial charge in [0.15, 0.2) is 5.17 Å². The van der Waals surface area contributed by atoms with E-state index in [2.05, 4.69) is 15.5 Å². The summed E-state index contributed by atoms with van der Waals surface area (Å²) < 4.78 is 13.1. The zero-order valence-electron chi connectivity index (χ0n) is 11.0. The number of hydrogen-bond acceptors (Lipinski definition) is 6. The molecule has 22 heavy (non-hydrogen) atoms. The first kappa shape index (κ1) is 15.7. The van der Waals surface area contributed by atoms with Crippen molar-refractivity contribution in [3.63, 3.8) is 0 Å². The Labute approximate surface area is 128 Å². The number of aliphatic carboxylic acids is 1. The molecule has 0 aliphatic carbocycles. The third-order valence-corrected chi connectivity index (χ3v) is 3.67. The minimum Gasteiger partial charge on any atom is -0.481 e. The molecule has 1 unspecified atom stereocenters. The Kier molecular flexibility index (Phi) is 4.85. The van der Waals surface area contributed by atoms with Gasteiger partial charge in [0.25, 0.3) is 0 Å². The highest BCUT2D eigenvalue weighted by Gasteiger charge is 2.32. The van der Waals surface area contributed by atoms with E-state index in [0.29, 0.717) is 5.56 Å². The Balaban J connectivity index is 2.05. The van der Waals surface area contributed by atoms with Crippen molar-refractivity contribution >= 4 is 35.0 Å². The lowest BCUT2D eigenvalue weighted by Gasteiger charge is -1.97. The monoisotopic (exact) mass is 320 g/mol. The number of nitriles is 1. The molecule has 0 radical (unpaired) electrons. The van der Waals surface area contributed by atoms with Crippen molar-refractivity contribution in [2.45, 2.75) is 11.7 Å². The molecule has 2 rings (SSSR count). The number of amidine groups is 1. The van der Waals surface area contributed by atoms with E-state index in [1.807, 2.05) is 0 Å². The number of thioether (sulfide) groups is 1. The quantitative estimate of drug-likeness (QED) is 0.636. The van der Waals surface area contributed by atoms with Gasteiger partial charge in [-0.05, 0) is 17.7 Å². The molecule has 0 saturated carbocycles. The van der Waals surface area contributed by atoms with Gasteiger partial charge in [-0.2, -0.15) is 10.4 Å². The summed E-state index contributed by atoms with van der Waals surface area (Å²) in [5.41, 5.74) is 0.361. The van der Waals surface area contributed by atoms with E-state index in [4.69, 9.17) is 10.4 Å². The Bertz CT molecular complexity index is 726. The van der Waals surface area contributed by atoms with E-state index in [9.17, 15) is 14.0 Å². The minimum absolute atomic E-state index is 0.110. The second-order valence-corrected chi connectivity index (χ2v) is 5.39. The standard InChI is InChI=1S/C13H9FN4O3S/c14-9-2-1-7(3-8(9)5-15)6-16-18-13-17-12(21)10(22-13)4-11(19)20/h1-3,6,10H,4H2,(H,19,20)(H,17,18,21). The van der Waals surface area contributed by atoms with Crippen molar-refractivity contribution in [3.05, 3.63) is 35.1 Å². The van der Waals surface area contributed by atoms with Crippen molar-refractivity contribution in [1.29, 1.82) is 5.26 Å². The van der Waals surface area contributed by atoms with E-state index < -0.39 is 22.9 Å². The van der Waals surface area contributed by atoms with Crippen LogP contribution in [0.15, 0.2) is 28.4 Å². The number of carbonyl (C=O) groups excluding carboxylic acids is 1. The van der Waals surface area contributed by atoms with E-state index in [0.717, 1.165) is 17.8 Å². The fourth-order valence-electron chi connectivity index (χ4n) is 1.60. The van der Waals surface area contributed by atoms with Gasteiger partial charge in [0.1, 0.15) is 17.1 Å². The van der Waals surface area contributed by atoms with Crippen molar-refractivity contribution in [1.82, 2.24) is 5.32 Å². The molecule has 1 heterocycles. The highest BCUT2D eigenvalue weighted by Crippen LogP contribution is 2.22.